The first-order valence-electron chi connectivity index (χ1n) is 5.60. The second kappa shape index (κ2) is 5.87. The average Bonchev–Trinajstić information content (AvgIpc) is 2.15. The lowest BCUT2D eigenvalue weighted by atomic mass is 10.1. The largest absolute Gasteiger partial charge is 0.383 e. The van der Waals surface area contributed by atoms with Crippen LogP contribution in [0.2, 0.25) is 5.02 Å². The molecule has 0 heterocycles. The van der Waals surface area contributed by atoms with Gasteiger partial charge in [0.1, 0.15) is 5.02 Å². The van der Waals surface area contributed by atoms with Crippen molar-refractivity contribution in [3.8, 4) is 0 Å². The summed E-state index contributed by atoms with van der Waals surface area (Å²) in [6.07, 6.45) is 1.04. The highest BCUT2D eigenvalue weighted by molar-refractivity contribution is 6.32. The Labute approximate surface area is 106 Å². The Morgan fingerprint density at radius 2 is 2.06 bits per heavy atom. The molecule has 94 valence electrons. The molecule has 0 amide bonds. The zero-order valence-corrected chi connectivity index (χ0v) is 11.0. The lowest BCUT2D eigenvalue weighted by Gasteiger charge is -2.17. The summed E-state index contributed by atoms with van der Waals surface area (Å²) in [6, 6.07) is 5.01. The fourth-order valence-electron chi connectivity index (χ4n) is 1.80. The van der Waals surface area contributed by atoms with Gasteiger partial charge in [0.15, 0.2) is 0 Å². The van der Waals surface area contributed by atoms with E-state index in [4.69, 9.17) is 11.6 Å². The van der Waals surface area contributed by atoms with Gasteiger partial charge in [0.25, 0.3) is 5.69 Å². The van der Waals surface area contributed by atoms with E-state index >= 15 is 0 Å². The van der Waals surface area contributed by atoms with Crippen molar-refractivity contribution >= 4 is 23.0 Å². The smallest absolute Gasteiger partial charge is 0.288 e. The van der Waals surface area contributed by atoms with E-state index in [1.165, 1.54) is 6.07 Å². The molecule has 0 bridgehead atoms. The first kappa shape index (κ1) is 13.8. The molecule has 4 nitrogen and oxygen atoms in total. The summed E-state index contributed by atoms with van der Waals surface area (Å²) in [5, 5.41) is 14.0. The van der Waals surface area contributed by atoms with Gasteiger partial charge in [0.2, 0.25) is 0 Å². The number of hydrogen-bond donors (Lipinski definition) is 1. The predicted molar refractivity (Wildman–Crippen MR) is 70.6 cm³/mol. The zero-order valence-electron chi connectivity index (χ0n) is 10.2. The number of nitro groups is 1. The average molecular weight is 257 g/mol. The van der Waals surface area contributed by atoms with Crippen LogP contribution in [0.5, 0.6) is 0 Å². The summed E-state index contributed by atoms with van der Waals surface area (Å²) >= 11 is 5.83. The van der Waals surface area contributed by atoms with Crippen molar-refractivity contribution in [2.75, 3.05) is 5.32 Å². The van der Waals surface area contributed by atoms with Crippen LogP contribution < -0.4 is 5.32 Å². The fourth-order valence-corrected chi connectivity index (χ4v) is 2.04. The van der Waals surface area contributed by atoms with Gasteiger partial charge in [-0.05, 0) is 31.4 Å². The van der Waals surface area contributed by atoms with Gasteiger partial charge < -0.3 is 5.32 Å². The lowest BCUT2D eigenvalue weighted by Crippen LogP contribution is -2.17. The highest BCUT2D eigenvalue weighted by Crippen LogP contribution is 2.27. The molecule has 1 atom stereocenters. The summed E-state index contributed by atoms with van der Waals surface area (Å²) < 4.78 is 0. The van der Waals surface area contributed by atoms with E-state index in [-0.39, 0.29) is 10.7 Å². The molecule has 1 rings (SSSR count). The quantitative estimate of drug-likeness (QED) is 0.638. The van der Waals surface area contributed by atoms with Crippen LogP contribution in [-0.4, -0.2) is 11.0 Å². The molecule has 5 heteroatoms. The number of nitrogens with zero attached hydrogens (tertiary/aromatic N) is 1. The Hall–Kier alpha value is -1.29. The van der Waals surface area contributed by atoms with Crippen molar-refractivity contribution in [2.24, 2.45) is 5.92 Å². The number of nitro benzene ring substituents is 1. The summed E-state index contributed by atoms with van der Waals surface area (Å²) in [7, 11) is 0. The molecule has 0 spiro atoms. The molecule has 1 N–H and O–H groups in total. The van der Waals surface area contributed by atoms with E-state index in [0.717, 1.165) is 12.1 Å². The molecule has 1 aromatic carbocycles. The normalized spacial score (nSPS) is 12.5. The van der Waals surface area contributed by atoms with Crippen molar-refractivity contribution in [3.63, 3.8) is 0 Å². The Bertz CT molecular complexity index is 407. The summed E-state index contributed by atoms with van der Waals surface area (Å²) in [5.74, 6) is 0.603. The van der Waals surface area contributed by atoms with Gasteiger partial charge in [-0.3, -0.25) is 10.1 Å². The number of nitrogens with one attached hydrogen (secondary N) is 1. The molecular weight excluding hydrogens is 240 g/mol. The number of anilines is 1. The van der Waals surface area contributed by atoms with E-state index in [1.54, 1.807) is 12.1 Å². The van der Waals surface area contributed by atoms with Crippen LogP contribution in [0.15, 0.2) is 18.2 Å². The molecule has 0 aliphatic heterocycles. The summed E-state index contributed by atoms with van der Waals surface area (Å²) in [6.45, 7) is 6.39. The topological polar surface area (TPSA) is 55.2 Å². The van der Waals surface area contributed by atoms with Crippen LogP contribution in [0.1, 0.15) is 27.2 Å². The van der Waals surface area contributed by atoms with E-state index in [1.807, 2.05) is 0 Å². The minimum absolute atomic E-state index is 0.0614. The molecule has 0 radical (unpaired) electrons. The van der Waals surface area contributed by atoms with Crippen LogP contribution in [0, 0.1) is 16.0 Å². The Morgan fingerprint density at radius 1 is 1.41 bits per heavy atom. The molecular formula is C12H17ClN2O2. The summed E-state index contributed by atoms with van der Waals surface area (Å²) in [4.78, 5) is 10.1. The van der Waals surface area contributed by atoms with E-state index in [2.05, 4.69) is 26.1 Å². The number of rotatable bonds is 5. The molecule has 0 aliphatic rings. The first-order valence-corrected chi connectivity index (χ1v) is 5.98. The minimum atomic E-state index is -0.482. The summed E-state index contributed by atoms with van der Waals surface area (Å²) in [5.41, 5.74) is 0.752. The minimum Gasteiger partial charge on any atom is -0.383 e. The number of hydrogen-bond acceptors (Lipinski definition) is 3. The van der Waals surface area contributed by atoms with Gasteiger partial charge >= 0.3 is 0 Å². The van der Waals surface area contributed by atoms with Crippen molar-refractivity contribution in [1.82, 2.24) is 0 Å². The zero-order chi connectivity index (χ0) is 13.0. The standard InChI is InChI=1S/C12H17ClN2O2/c1-8(2)6-9(3)14-10-4-5-12(15(16)17)11(13)7-10/h4-5,7-9,14H,6H2,1-3H3. The Balaban J connectivity index is 2.74. The molecule has 1 unspecified atom stereocenters. The van der Waals surface area contributed by atoms with Crippen molar-refractivity contribution in [3.05, 3.63) is 33.3 Å². The Morgan fingerprint density at radius 3 is 2.53 bits per heavy atom. The highest BCUT2D eigenvalue weighted by atomic mass is 35.5. The van der Waals surface area contributed by atoms with Crippen molar-refractivity contribution in [1.29, 1.82) is 0 Å². The van der Waals surface area contributed by atoms with Crippen molar-refractivity contribution in [2.45, 2.75) is 33.2 Å². The fraction of sp³-hybridized carbons (Fsp3) is 0.500. The molecule has 0 saturated carbocycles. The number of halogens is 1. The molecule has 1 aromatic rings. The third-order valence-corrected chi connectivity index (χ3v) is 2.69. The maximum atomic E-state index is 10.6. The van der Waals surface area contributed by atoms with Gasteiger partial charge in [0.05, 0.1) is 4.92 Å². The second-order valence-corrected chi connectivity index (χ2v) is 5.01. The van der Waals surface area contributed by atoms with Crippen LogP contribution in [0.4, 0.5) is 11.4 Å². The molecule has 0 aliphatic carbocycles. The maximum Gasteiger partial charge on any atom is 0.288 e. The van der Waals surface area contributed by atoms with Gasteiger partial charge in [-0.2, -0.15) is 0 Å². The van der Waals surface area contributed by atoms with E-state index < -0.39 is 4.92 Å². The highest BCUT2D eigenvalue weighted by Gasteiger charge is 2.13. The molecule has 17 heavy (non-hydrogen) atoms. The second-order valence-electron chi connectivity index (χ2n) is 4.60. The van der Waals surface area contributed by atoms with Crippen LogP contribution in [0.3, 0.4) is 0 Å². The van der Waals surface area contributed by atoms with Gasteiger partial charge in [0, 0.05) is 17.8 Å². The third kappa shape index (κ3) is 4.23. The van der Waals surface area contributed by atoms with E-state index in [9.17, 15) is 10.1 Å². The van der Waals surface area contributed by atoms with Crippen LogP contribution in [0.25, 0.3) is 0 Å². The van der Waals surface area contributed by atoms with Gasteiger partial charge in [-0.1, -0.05) is 25.4 Å². The lowest BCUT2D eigenvalue weighted by molar-refractivity contribution is -0.384. The monoisotopic (exact) mass is 256 g/mol. The van der Waals surface area contributed by atoms with Crippen LogP contribution >= 0.6 is 11.6 Å². The molecule has 0 saturated heterocycles. The van der Waals surface area contributed by atoms with Gasteiger partial charge in [-0.15, -0.1) is 0 Å². The maximum absolute atomic E-state index is 10.6. The molecule has 0 fully saturated rings. The molecule has 0 aromatic heterocycles. The predicted octanol–water partition coefficient (Wildman–Crippen LogP) is 4.09. The Kier molecular flexibility index (Phi) is 4.75. The SMILES string of the molecule is CC(C)CC(C)Nc1ccc([N+](=O)[O-])c(Cl)c1. The van der Waals surface area contributed by atoms with Gasteiger partial charge in [-0.25, -0.2) is 0 Å². The van der Waals surface area contributed by atoms with Crippen molar-refractivity contribution < 1.29 is 4.92 Å². The van der Waals surface area contributed by atoms with Crippen LogP contribution in [-0.2, 0) is 0 Å². The van der Waals surface area contributed by atoms with E-state index in [0.29, 0.717) is 12.0 Å². The first-order chi connectivity index (χ1) is 7.90. The number of benzene rings is 1. The third-order valence-electron chi connectivity index (χ3n) is 2.38.